The van der Waals surface area contributed by atoms with Crippen LogP contribution in [0.4, 0.5) is 17.1 Å². The van der Waals surface area contributed by atoms with Gasteiger partial charge in [0, 0.05) is 39.7 Å². The Morgan fingerprint density at radius 1 is 0.468 bits per heavy atom. The number of benzene rings is 7. The summed E-state index contributed by atoms with van der Waals surface area (Å²) in [4.78, 5) is 2.31. The van der Waals surface area contributed by atoms with Crippen molar-refractivity contribution in [3.8, 4) is 28.7 Å². The van der Waals surface area contributed by atoms with Crippen LogP contribution in [0, 0.1) is 0 Å². The van der Waals surface area contributed by atoms with Crippen LogP contribution in [0.5, 0.6) is 23.0 Å². The molecule has 7 aromatic carbocycles. The Hall–Kier alpha value is -6.20. The Balaban J connectivity index is 1.30. The molecule has 0 amide bonds. The van der Waals surface area contributed by atoms with Crippen LogP contribution in [0.15, 0.2) is 164 Å². The molecule has 2 aliphatic heterocycles. The third-order valence-corrected chi connectivity index (χ3v) is 9.48. The average Bonchev–Trinajstić information content (AvgIpc) is 3.46. The molecule has 0 saturated heterocycles. The highest BCUT2D eigenvalue weighted by Gasteiger charge is 2.41. The fourth-order valence-corrected chi connectivity index (χ4v) is 7.51. The maximum Gasteiger partial charge on any atom is 0.260 e. The molecule has 4 nitrogen and oxygen atoms in total. The first-order valence-electron chi connectivity index (χ1n) is 16.0. The van der Waals surface area contributed by atoms with E-state index in [2.05, 4.69) is 167 Å². The maximum atomic E-state index is 6.92. The highest BCUT2D eigenvalue weighted by Crippen LogP contribution is 2.46. The summed E-state index contributed by atoms with van der Waals surface area (Å²) in [5, 5.41) is 2.21. The van der Waals surface area contributed by atoms with Gasteiger partial charge in [0.25, 0.3) is 6.71 Å². The van der Waals surface area contributed by atoms with Crippen molar-refractivity contribution in [2.75, 3.05) is 4.90 Å². The fourth-order valence-electron chi connectivity index (χ4n) is 7.51. The van der Waals surface area contributed by atoms with Gasteiger partial charge in [0.05, 0.1) is 16.4 Å². The summed E-state index contributed by atoms with van der Waals surface area (Å²) in [6.07, 6.45) is 0. The first-order chi connectivity index (χ1) is 23.3. The van der Waals surface area contributed by atoms with Crippen LogP contribution in [0.2, 0.25) is 0 Å². The van der Waals surface area contributed by atoms with Crippen molar-refractivity contribution >= 4 is 62.0 Å². The van der Waals surface area contributed by atoms with Gasteiger partial charge in [0.15, 0.2) is 0 Å². The molecule has 8 aromatic rings. The lowest BCUT2D eigenvalue weighted by atomic mass is 9.35. The van der Waals surface area contributed by atoms with E-state index < -0.39 is 0 Å². The topological polar surface area (TPSA) is 26.6 Å². The Labute approximate surface area is 272 Å². The van der Waals surface area contributed by atoms with Crippen LogP contribution in [-0.4, -0.2) is 11.3 Å². The van der Waals surface area contributed by atoms with Crippen molar-refractivity contribution in [1.29, 1.82) is 0 Å². The van der Waals surface area contributed by atoms with Gasteiger partial charge in [-0.05, 0) is 77.7 Å². The highest BCUT2D eigenvalue weighted by atomic mass is 16.5. The number of ether oxygens (including phenoxy) is 2. The number of anilines is 3. The van der Waals surface area contributed by atoms with Crippen molar-refractivity contribution < 1.29 is 9.47 Å². The molecule has 3 heterocycles. The summed E-state index contributed by atoms with van der Waals surface area (Å²) in [7, 11) is 0. The van der Waals surface area contributed by atoms with Gasteiger partial charge in [-0.1, -0.05) is 91.0 Å². The molecular weight excluding hydrogens is 575 g/mol. The van der Waals surface area contributed by atoms with Crippen LogP contribution in [0.1, 0.15) is 0 Å². The van der Waals surface area contributed by atoms with Gasteiger partial charge in [0.2, 0.25) is 0 Å². The van der Waals surface area contributed by atoms with Crippen molar-refractivity contribution in [3.05, 3.63) is 164 Å². The minimum atomic E-state index is 0.0142. The second-order valence-corrected chi connectivity index (χ2v) is 12.1. The third kappa shape index (κ3) is 3.90. The number of rotatable bonds is 4. The van der Waals surface area contributed by atoms with Crippen LogP contribution < -0.4 is 30.8 Å². The summed E-state index contributed by atoms with van der Waals surface area (Å²) < 4.78 is 16.0. The molecule has 0 unspecified atom stereocenters. The van der Waals surface area contributed by atoms with Crippen LogP contribution in [0.25, 0.3) is 27.5 Å². The second-order valence-electron chi connectivity index (χ2n) is 12.1. The van der Waals surface area contributed by atoms with E-state index in [1.807, 2.05) is 6.07 Å². The SMILES string of the molecule is c1ccc(N(c2ccccc2)c2ccc3c4c5c6c(cc4n(-c4ccccc4)c3c2)Oc2ccccc2B6c2ccccc2O5)cc1. The molecule has 0 bridgehead atoms. The zero-order valence-corrected chi connectivity index (χ0v) is 25.4. The summed E-state index contributed by atoms with van der Waals surface area (Å²) >= 11 is 0. The lowest BCUT2D eigenvalue weighted by molar-refractivity contribution is 0.468. The number of fused-ring (bicyclic) bond motifs is 8. The van der Waals surface area contributed by atoms with E-state index in [4.69, 9.17) is 9.47 Å². The molecule has 47 heavy (non-hydrogen) atoms. The standard InChI is InChI=1S/C42H27BN2O2/c1-4-14-28(15-5-1)44(29-16-6-2-7-17-29)31-24-25-32-35(26-31)45(30-18-8-3-9-19-30)36-27-39-41-42(40(32)36)47-38-23-13-11-21-34(38)43(41)33-20-10-12-22-37(33)46-39/h1-27H. The smallest absolute Gasteiger partial charge is 0.260 e. The third-order valence-electron chi connectivity index (χ3n) is 9.48. The molecule has 0 radical (unpaired) electrons. The van der Waals surface area contributed by atoms with Crippen molar-refractivity contribution in [1.82, 2.24) is 4.57 Å². The monoisotopic (exact) mass is 602 g/mol. The molecule has 0 aliphatic carbocycles. The Morgan fingerprint density at radius 3 is 1.70 bits per heavy atom. The number of aromatic nitrogens is 1. The van der Waals surface area contributed by atoms with Gasteiger partial charge in [0.1, 0.15) is 23.0 Å². The second kappa shape index (κ2) is 10.2. The predicted molar refractivity (Wildman–Crippen MR) is 193 cm³/mol. The van der Waals surface area contributed by atoms with Crippen molar-refractivity contribution in [3.63, 3.8) is 0 Å². The molecule has 10 rings (SSSR count). The van der Waals surface area contributed by atoms with E-state index >= 15 is 0 Å². The first-order valence-corrected chi connectivity index (χ1v) is 16.0. The lowest BCUT2D eigenvalue weighted by Crippen LogP contribution is -2.57. The first kappa shape index (κ1) is 26.1. The summed E-state index contributed by atoms with van der Waals surface area (Å²) in [6, 6.07) is 57.5. The Morgan fingerprint density at radius 2 is 1.04 bits per heavy atom. The molecule has 1 aromatic heterocycles. The fraction of sp³-hybridized carbons (Fsp3) is 0. The molecule has 0 fully saturated rings. The van der Waals surface area contributed by atoms with Gasteiger partial charge in [-0.2, -0.15) is 0 Å². The van der Waals surface area contributed by atoms with Gasteiger partial charge >= 0.3 is 0 Å². The number of para-hydroxylation sites is 5. The van der Waals surface area contributed by atoms with E-state index in [-0.39, 0.29) is 6.71 Å². The minimum absolute atomic E-state index is 0.0142. The maximum absolute atomic E-state index is 6.92. The molecule has 220 valence electrons. The van der Waals surface area contributed by atoms with E-state index in [0.717, 1.165) is 83.9 Å². The van der Waals surface area contributed by atoms with E-state index in [1.54, 1.807) is 0 Å². The van der Waals surface area contributed by atoms with Crippen molar-refractivity contribution in [2.24, 2.45) is 0 Å². The van der Waals surface area contributed by atoms with Gasteiger partial charge in [-0.25, -0.2) is 0 Å². The summed E-state index contributed by atoms with van der Waals surface area (Å²) in [6.45, 7) is 0.0142. The minimum Gasteiger partial charge on any atom is -0.458 e. The molecule has 0 atom stereocenters. The van der Waals surface area contributed by atoms with Gasteiger partial charge in [-0.15, -0.1) is 0 Å². The quantitative estimate of drug-likeness (QED) is 0.188. The molecule has 5 heteroatoms. The number of nitrogens with zero attached hydrogens (tertiary/aromatic N) is 2. The van der Waals surface area contributed by atoms with Crippen LogP contribution in [-0.2, 0) is 0 Å². The van der Waals surface area contributed by atoms with Gasteiger partial charge in [-0.3, -0.25) is 0 Å². The largest absolute Gasteiger partial charge is 0.458 e. The molecule has 0 spiro atoms. The highest BCUT2D eigenvalue weighted by molar-refractivity contribution is 6.98. The Kier molecular flexibility index (Phi) is 5.63. The number of hydrogen-bond donors (Lipinski definition) is 0. The zero-order chi connectivity index (χ0) is 30.9. The van der Waals surface area contributed by atoms with Gasteiger partial charge < -0.3 is 18.9 Å². The zero-order valence-electron chi connectivity index (χ0n) is 25.4. The Bertz CT molecular complexity index is 2420. The number of hydrogen-bond acceptors (Lipinski definition) is 3. The predicted octanol–water partition coefficient (Wildman–Crippen LogP) is 8.98. The lowest BCUT2D eigenvalue weighted by Gasteiger charge is -2.33. The van der Waals surface area contributed by atoms with Crippen LogP contribution in [0.3, 0.4) is 0 Å². The van der Waals surface area contributed by atoms with E-state index in [1.165, 1.54) is 0 Å². The molecule has 0 saturated carbocycles. The average molecular weight is 603 g/mol. The van der Waals surface area contributed by atoms with E-state index in [0.29, 0.717) is 0 Å². The van der Waals surface area contributed by atoms with Crippen molar-refractivity contribution in [2.45, 2.75) is 0 Å². The molecule has 0 N–H and O–H groups in total. The van der Waals surface area contributed by atoms with E-state index in [9.17, 15) is 0 Å². The van der Waals surface area contributed by atoms with Crippen LogP contribution >= 0.6 is 0 Å². The molecule has 2 aliphatic rings. The summed E-state index contributed by atoms with van der Waals surface area (Å²) in [5.41, 5.74) is 9.88. The summed E-state index contributed by atoms with van der Waals surface area (Å²) in [5.74, 6) is 3.47. The normalized spacial score (nSPS) is 12.6. The molecular formula is C42H27BN2O2.